The quantitative estimate of drug-likeness (QED) is 0.516. The molecule has 3 aliphatic rings. The lowest BCUT2D eigenvalue weighted by atomic mass is 9.97. The van der Waals surface area contributed by atoms with Crippen LogP contribution in [0.3, 0.4) is 0 Å². The molecule has 0 radical (unpaired) electrons. The molecule has 1 aromatic rings. The number of ether oxygens (including phenoxy) is 1. The summed E-state index contributed by atoms with van der Waals surface area (Å²) in [5, 5.41) is 8.88. The Kier molecular flexibility index (Phi) is 11.8. The SMILES string of the molecule is C=C/C=C\C=C(C)C.CN1CC(=O)NCC(=O)NCCCc2cccc3c2OC(CC3)CNC(C2CC2)C1=O. The summed E-state index contributed by atoms with van der Waals surface area (Å²) in [6, 6.07) is 5.96. The Hall–Kier alpha value is -3.39. The van der Waals surface area contributed by atoms with Crippen LogP contribution in [-0.2, 0) is 27.2 Å². The van der Waals surface area contributed by atoms with Crippen LogP contribution >= 0.6 is 0 Å². The molecule has 2 atom stereocenters. The first-order valence-corrected chi connectivity index (χ1v) is 14.0. The second-order valence-corrected chi connectivity index (χ2v) is 10.7. The van der Waals surface area contributed by atoms with E-state index in [-0.39, 0.29) is 43.0 Å². The van der Waals surface area contributed by atoms with Crippen LogP contribution in [0, 0.1) is 5.92 Å². The van der Waals surface area contributed by atoms with E-state index in [1.165, 1.54) is 16.0 Å². The molecule has 212 valence electrons. The molecule has 2 heterocycles. The van der Waals surface area contributed by atoms with Crippen molar-refractivity contribution in [2.75, 3.05) is 33.2 Å². The normalized spacial score (nSPS) is 22.7. The highest BCUT2D eigenvalue weighted by molar-refractivity contribution is 5.89. The highest BCUT2D eigenvalue weighted by Gasteiger charge is 2.38. The summed E-state index contributed by atoms with van der Waals surface area (Å²) in [6.45, 7) is 8.66. The predicted molar refractivity (Wildman–Crippen MR) is 154 cm³/mol. The van der Waals surface area contributed by atoms with Gasteiger partial charge in [-0.15, -0.1) is 0 Å². The molecule has 0 saturated heterocycles. The summed E-state index contributed by atoms with van der Waals surface area (Å²) < 4.78 is 6.37. The minimum Gasteiger partial charge on any atom is -0.489 e. The van der Waals surface area contributed by atoms with Gasteiger partial charge in [0.15, 0.2) is 0 Å². The average molecular weight is 537 g/mol. The monoisotopic (exact) mass is 536 g/mol. The molecule has 4 rings (SSSR count). The number of hydrogen-bond acceptors (Lipinski definition) is 5. The number of benzene rings is 1. The van der Waals surface area contributed by atoms with Gasteiger partial charge in [-0.3, -0.25) is 14.4 Å². The Bertz CT molecular complexity index is 1070. The molecule has 0 spiro atoms. The third kappa shape index (κ3) is 10.0. The topological polar surface area (TPSA) is 99.8 Å². The van der Waals surface area contributed by atoms with E-state index in [4.69, 9.17) is 4.74 Å². The van der Waals surface area contributed by atoms with Crippen molar-refractivity contribution in [3.8, 4) is 5.75 Å². The Balaban J connectivity index is 0.000000459. The van der Waals surface area contributed by atoms with E-state index in [1.54, 1.807) is 13.1 Å². The number of amides is 3. The fourth-order valence-corrected chi connectivity index (χ4v) is 4.67. The Morgan fingerprint density at radius 2 is 1.77 bits per heavy atom. The second-order valence-electron chi connectivity index (χ2n) is 10.7. The van der Waals surface area contributed by atoms with Gasteiger partial charge in [-0.05, 0) is 69.4 Å². The third-order valence-corrected chi connectivity index (χ3v) is 6.95. The summed E-state index contributed by atoms with van der Waals surface area (Å²) in [7, 11) is 1.64. The largest absolute Gasteiger partial charge is 0.489 e. The van der Waals surface area contributed by atoms with Crippen LogP contribution < -0.4 is 20.7 Å². The smallest absolute Gasteiger partial charge is 0.240 e. The van der Waals surface area contributed by atoms with Crippen molar-refractivity contribution in [3.05, 3.63) is 65.8 Å². The highest BCUT2D eigenvalue weighted by Crippen LogP contribution is 2.34. The fourth-order valence-electron chi connectivity index (χ4n) is 4.67. The first kappa shape index (κ1) is 30.2. The third-order valence-electron chi connectivity index (χ3n) is 6.95. The summed E-state index contributed by atoms with van der Waals surface area (Å²) >= 11 is 0. The number of carbonyl (C=O) groups is 3. The van der Waals surface area contributed by atoms with E-state index in [9.17, 15) is 14.4 Å². The Morgan fingerprint density at radius 3 is 2.46 bits per heavy atom. The Morgan fingerprint density at radius 1 is 1.03 bits per heavy atom. The van der Waals surface area contributed by atoms with Crippen molar-refractivity contribution < 1.29 is 19.1 Å². The molecule has 8 heteroatoms. The van der Waals surface area contributed by atoms with E-state index in [1.807, 2.05) is 18.2 Å². The van der Waals surface area contributed by atoms with E-state index in [0.717, 1.165) is 49.8 Å². The number of carbonyl (C=O) groups excluding carboxylic acids is 3. The second kappa shape index (κ2) is 15.3. The number of allylic oxidation sites excluding steroid dienone is 5. The molecule has 1 saturated carbocycles. The van der Waals surface area contributed by atoms with Crippen LogP contribution in [0.2, 0.25) is 0 Å². The van der Waals surface area contributed by atoms with Gasteiger partial charge in [0.25, 0.3) is 0 Å². The molecular weight excluding hydrogens is 492 g/mol. The maximum Gasteiger partial charge on any atom is 0.240 e. The highest BCUT2D eigenvalue weighted by atomic mass is 16.5. The molecule has 2 unspecified atom stereocenters. The first-order valence-electron chi connectivity index (χ1n) is 14.0. The van der Waals surface area contributed by atoms with Crippen molar-refractivity contribution in [2.24, 2.45) is 5.92 Å². The first-order chi connectivity index (χ1) is 18.8. The molecule has 2 bridgehead atoms. The maximum absolute atomic E-state index is 13.0. The number of rotatable bonds is 3. The van der Waals surface area contributed by atoms with Crippen LogP contribution in [0.15, 0.2) is 54.7 Å². The van der Waals surface area contributed by atoms with Crippen molar-refractivity contribution in [1.29, 1.82) is 0 Å². The summed E-state index contributed by atoms with van der Waals surface area (Å²) in [5.74, 6) is 0.624. The standard InChI is InChI=1S/C23H32N4O4.C8H12/c1-27-14-20(29)25-13-19(28)24-11-3-6-16-4-2-5-17-9-10-18(31-22(16)17)12-26-21(23(27)30)15-7-8-15;1-4-5-6-7-8(2)3/h2,4-5,15,18,21,26H,3,6-14H2,1H3,(H,24,28)(H,25,29);4-7H,1H2,2-3H3/b;6-5-. The van der Waals surface area contributed by atoms with Crippen LogP contribution in [0.4, 0.5) is 0 Å². The number of aryl methyl sites for hydroxylation is 2. The van der Waals surface area contributed by atoms with Gasteiger partial charge in [0, 0.05) is 20.1 Å². The number of hydrogen-bond donors (Lipinski definition) is 3. The predicted octanol–water partition coefficient (Wildman–Crippen LogP) is 3.08. The van der Waals surface area contributed by atoms with Gasteiger partial charge in [0.1, 0.15) is 11.9 Å². The van der Waals surface area contributed by atoms with E-state index in [0.29, 0.717) is 19.0 Å². The van der Waals surface area contributed by atoms with Crippen molar-refractivity contribution in [1.82, 2.24) is 20.9 Å². The summed E-state index contributed by atoms with van der Waals surface area (Å²) in [5.41, 5.74) is 3.69. The molecule has 1 aliphatic carbocycles. The van der Waals surface area contributed by atoms with Crippen LogP contribution in [0.25, 0.3) is 0 Å². The van der Waals surface area contributed by atoms with Gasteiger partial charge in [-0.2, -0.15) is 0 Å². The van der Waals surface area contributed by atoms with Crippen LogP contribution in [0.1, 0.15) is 50.7 Å². The zero-order valence-corrected chi connectivity index (χ0v) is 23.6. The minimum absolute atomic E-state index is 0.00916. The summed E-state index contributed by atoms with van der Waals surface area (Å²) in [4.78, 5) is 38.7. The van der Waals surface area contributed by atoms with Gasteiger partial charge in [-0.25, -0.2) is 0 Å². The van der Waals surface area contributed by atoms with Crippen LogP contribution in [0.5, 0.6) is 5.75 Å². The Labute approximate surface area is 232 Å². The lowest BCUT2D eigenvalue weighted by molar-refractivity contribution is -0.137. The van der Waals surface area contributed by atoms with Crippen molar-refractivity contribution in [3.63, 3.8) is 0 Å². The molecule has 39 heavy (non-hydrogen) atoms. The molecule has 2 aliphatic heterocycles. The van der Waals surface area contributed by atoms with Gasteiger partial charge in [-0.1, -0.05) is 54.7 Å². The lowest BCUT2D eigenvalue weighted by Crippen LogP contribution is -2.51. The van der Waals surface area contributed by atoms with E-state index >= 15 is 0 Å². The average Bonchev–Trinajstić information content (AvgIpc) is 3.75. The van der Waals surface area contributed by atoms with E-state index in [2.05, 4.69) is 54.6 Å². The summed E-state index contributed by atoms with van der Waals surface area (Å²) in [6.07, 6.45) is 13.2. The number of fused-ring (bicyclic) bond motifs is 1. The van der Waals surface area contributed by atoms with E-state index < -0.39 is 0 Å². The number of likely N-dealkylation sites (N-methyl/N-ethyl adjacent to an activating group) is 1. The molecule has 1 fully saturated rings. The van der Waals surface area contributed by atoms with Crippen molar-refractivity contribution in [2.45, 2.75) is 64.5 Å². The lowest BCUT2D eigenvalue weighted by Gasteiger charge is -2.30. The molecule has 0 aromatic heterocycles. The molecule has 8 nitrogen and oxygen atoms in total. The number of nitrogens with one attached hydrogen (secondary N) is 3. The van der Waals surface area contributed by atoms with Gasteiger partial charge in [0.05, 0.1) is 19.1 Å². The van der Waals surface area contributed by atoms with Crippen molar-refractivity contribution >= 4 is 17.7 Å². The van der Waals surface area contributed by atoms with Crippen LogP contribution in [-0.4, -0.2) is 68.0 Å². The molecular formula is C31H44N4O4. The number of nitrogens with zero attached hydrogens (tertiary/aromatic N) is 1. The minimum atomic E-state index is -0.335. The fraction of sp³-hybridized carbons (Fsp3) is 0.516. The zero-order valence-electron chi connectivity index (χ0n) is 23.6. The van der Waals surface area contributed by atoms with Gasteiger partial charge < -0.3 is 25.6 Å². The van der Waals surface area contributed by atoms with Gasteiger partial charge in [0.2, 0.25) is 17.7 Å². The molecule has 3 amide bonds. The van der Waals surface area contributed by atoms with Gasteiger partial charge >= 0.3 is 0 Å². The molecule has 1 aromatic carbocycles. The molecule has 3 N–H and O–H groups in total. The zero-order chi connectivity index (χ0) is 28.2. The number of para-hydroxylation sites is 1. The maximum atomic E-state index is 13.0.